The molecule has 0 saturated heterocycles. The van der Waals surface area contributed by atoms with E-state index in [2.05, 4.69) is 32.2 Å². The molecule has 0 spiro atoms. The van der Waals surface area contributed by atoms with Crippen molar-refractivity contribution in [2.45, 2.75) is 27.3 Å². The Labute approximate surface area is 91.6 Å². The summed E-state index contributed by atoms with van der Waals surface area (Å²) in [4.78, 5) is 0. The van der Waals surface area contributed by atoms with Gasteiger partial charge in [0.15, 0.2) is 0 Å². The molecule has 3 nitrogen and oxygen atoms in total. The van der Waals surface area contributed by atoms with Gasteiger partial charge in [0, 0.05) is 13.2 Å². The smallest absolute Gasteiger partial charge is 0.122 e. The second-order valence-electron chi connectivity index (χ2n) is 3.76. The summed E-state index contributed by atoms with van der Waals surface area (Å²) in [6.07, 6.45) is 0. The van der Waals surface area contributed by atoms with Crippen LogP contribution in [0.15, 0.2) is 6.07 Å². The second-order valence-corrected chi connectivity index (χ2v) is 3.76. The van der Waals surface area contributed by atoms with E-state index in [-0.39, 0.29) is 0 Å². The largest absolute Gasteiger partial charge is 0.496 e. The molecule has 0 aliphatic carbocycles. The van der Waals surface area contributed by atoms with Crippen molar-refractivity contribution in [3.05, 3.63) is 28.3 Å². The summed E-state index contributed by atoms with van der Waals surface area (Å²) in [5.41, 5.74) is 10.5. The zero-order chi connectivity index (χ0) is 11.4. The first-order chi connectivity index (χ1) is 7.11. The third-order valence-electron chi connectivity index (χ3n) is 2.87. The van der Waals surface area contributed by atoms with Crippen LogP contribution in [0.25, 0.3) is 0 Å². The van der Waals surface area contributed by atoms with E-state index in [0.717, 1.165) is 12.3 Å². The lowest BCUT2D eigenvalue weighted by Gasteiger charge is -2.16. The molecule has 15 heavy (non-hydrogen) atoms. The van der Waals surface area contributed by atoms with Crippen molar-refractivity contribution in [2.24, 2.45) is 5.73 Å². The van der Waals surface area contributed by atoms with Crippen LogP contribution < -0.4 is 15.8 Å². The summed E-state index contributed by atoms with van der Waals surface area (Å²) in [5, 5.41) is 3.15. The minimum absolute atomic E-state index is 0.504. The summed E-state index contributed by atoms with van der Waals surface area (Å²) < 4.78 is 5.32. The number of hydrogen-bond acceptors (Lipinski definition) is 3. The lowest BCUT2D eigenvalue weighted by atomic mass is 9.97. The first-order valence-corrected chi connectivity index (χ1v) is 5.16. The SMILES string of the molecule is COc1cc(C)c(CNCN)c(C)c1C. The Hall–Kier alpha value is -1.06. The third kappa shape index (κ3) is 2.49. The molecule has 0 amide bonds. The summed E-state index contributed by atoms with van der Waals surface area (Å²) >= 11 is 0. The number of nitrogens with two attached hydrogens (primary N) is 1. The molecule has 3 N–H and O–H groups in total. The Morgan fingerprint density at radius 3 is 2.47 bits per heavy atom. The molecule has 0 aliphatic heterocycles. The van der Waals surface area contributed by atoms with Crippen LogP contribution in [0.1, 0.15) is 22.3 Å². The number of ether oxygens (including phenoxy) is 1. The Morgan fingerprint density at radius 2 is 1.93 bits per heavy atom. The minimum atomic E-state index is 0.504. The maximum atomic E-state index is 5.43. The van der Waals surface area contributed by atoms with E-state index in [1.54, 1.807) is 7.11 Å². The van der Waals surface area contributed by atoms with Gasteiger partial charge in [0.2, 0.25) is 0 Å². The number of nitrogens with one attached hydrogen (secondary N) is 1. The summed E-state index contributed by atoms with van der Waals surface area (Å²) in [6.45, 7) is 7.63. The van der Waals surface area contributed by atoms with Crippen molar-refractivity contribution in [2.75, 3.05) is 13.8 Å². The van der Waals surface area contributed by atoms with Crippen LogP contribution in [0, 0.1) is 20.8 Å². The van der Waals surface area contributed by atoms with E-state index < -0.39 is 0 Å². The molecular weight excluding hydrogens is 188 g/mol. The summed E-state index contributed by atoms with van der Waals surface area (Å²) in [7, 11) is 1.71. The van der Waals surface area contributed by atoms with Crippen molar-refractivity contribution in [1.29, 1.82) is 0 Å². The van der Waals surface area contributed by atoms with Gasteiger partial charge >= 0.3 is 0 Å². The van der Waals surface area contributed by atoms with E-state index in [0.29, 0.717) is 6.67 Å². The van der Waals surface area contributed by atoms with E-state index >= 15 is 0 Å². The van der Waals surface area contributed by atoms with Gasteiger partial charge in [0.1, 0.15) is 5.75 Å². The molecular formula is C12H20N2O. The van der Waals surface area contributed by atoms with Gasteiger partial charge in [-0.15, -0.1) is 0 Å². The van der Waals surface area contributed by atoms with Gasteiger partial charge < -0.3 is 15.8 Å². The fourth-order valence-electron chi connectivity index (χ4n) is 1.78. The average Bonchev–Trinajstić information content (AvgIpc) is 2.23. The van der Waals surface area contributed by atoms with Crippen molar-refractivity contribution < 1.29 is 4.74 Å². The molecule has 1 aromatic carbocycles. The number of hydrogen-bond donors (Lipinski definition) is 2. The first kappa shape index (κ1) is 12.0. The molecule has 3 heteroatoms. The number of rotatable bonds is 4. The quantitative estimate of drug-likeness (QED) is 0.739. The second kappa shape index (κ2) is 5.14. The van der Waals surface area contributed by atoms with Crippen molar-refractivity contribution in [3.63, 3.8) is 0 Å². The molecule has 0 atom stereocenters. The van der Waals surface area contributed by atoms with Gasteiger partial charge in [0.25, 0.3) is 0 Å². The minimum Gasteiger partial charge on any atom is -0.496 e. The highest BCUT2D eigenvalue weighted by Crippen LogP contribution is 2.27. The van der Waals surface area contributed by atoms with Crippen LogP contribution in [0.3, 0.4) is 0 Å². The fraction of sp³-hybridized carbons (Fsp3) is 0.500. The van der Waals surface area contributed by atoms with Crippen LogP contribution in [-0.4, -0.2) is 13.8 Å². The van der Waals surface area contributed by atoms with Crippen LogP contribution in [0.5, 0.6) is 5.75 Å². The van der Waals surface area contributed by atoms with Crippen LogP contribution in [0.2, 0.25) is 0 Å². The Morgan fingerprint density at radius 1 is 1.27 bits per heavy atom. The molecule has 0 saturated carbocycles. The highest BCUT2D eigenvalue weighted by molar-refractivity contribution is 5.47. The zero-order valence-corrected chi connectivity index (χ0v) is 9.98. The standard InChI is InChI=1S/C12H20N2O/c1-8-5-12(15-4)10(3)9(2)11(8)6-14-7-13/h5,14H,6-7,13H2,1-4H3. The van der Waals surface area contributed by atoms with Gasteiger partial charge in [-0.3, -0.25) is 0 Å². The number of aryl methyl sites for hydroxylation is 1. The molecule has 84 valence electrons. The van der Waals surface area contributed by atoms with E-state index in [1.807, 2.05) is 0 Å². The van der Waals surface area contributed by atoms with Gasteiger partial charge in [0.05, 0.1) is 7.11 Å². The lowest BCUT2D eigenvalue weighted by Crippen LogP contribution is -2.22. The Balaban J connectivity index is 3.11. The molecule has 0 radical (unpaired) electrons. The van der Waals surface area contributed by atoms with E-state index in [9.17, 15) is 0 Å². The Bertz CT molecular complexity index is 348. The van der Waals surface area contributed by atoms with Crippen LogP contribution in [-0.2, 0) is 6.54 Å². The predicted molar refractivity (Wildman–Crippen MR) is 63.1 cm³/mol. The third-order valence-corrected chi connectivity index (χ3v) is 2.87. The monoisotopic (exact) mass is 208 g/mol. The molecule has 0 aliphatic rings. The molecule has 0 fully saturated rings. The molecule has 0 heterocycles. The fourth-order valence-corrected chi connectivity index (χ4v) is 1.78. The molecule has 1 rings (SSSR count). The van der Waals surface area contributed by atoms with Crippen molar-refractivity contribution >= 4 is 0 Å². The maximum absolute atomic E-state index is 5.43. The van der Waals surface area contributed by atoms with Crippen LogP contribution >= 0.6 is 0 Å². The van der Waals surface area contributed by atoms with Crippen molar-refractivity contribution in [3.8, 4) is 5.75 Å². The van der Waals surface area contributed by atoms with E-state index in [1.165, 1.54) is 22.3 Å². The summed E-state index contributed by atoms with van der Waals surface area (Å²) in [6, 6.07) is 2.08. The highest BCUT2D eigenvalue weighted by Gasteiger charge is 2.09. The zero-order valence-electron chi connectivity index (χ0n) is 9.98. The van der Waals surface area contributed by atoms with Crippen molar-refractivity contribution in [1.82, 2.24) is 5.32 Å². The number of methoxy groups -OCH3 is 1. The van der Waals surface area contributed by atoms with Gasteiger partial charge in [-0.05, 0) is 49.1 Å². The Kier molecular flexibility index (Phi) is 4.12. The maximum Gasteiger partial charge on any atom is 0.122 e. The number of benzene rings is 1. The topological polar surface area (TPSA) is 47.3 Å². The van der Waals surface area contributed by atoms with E-state index in [4.69, 9.17) is 10.5 Å². The average molecular weight is 208 g/mol. The van der Waals surface area contributed by atoms with Gasteiger partial charge in [-0.25, -0.2) is 0 Å². The molecule has 1 aromatic rings. The van der Waals surface area contributed by atoms with Gasteiger partial charge in [-0.1, -0.05) is 0 Å². The summed E-state index contributed by atoms with van der Waals surface area (Å²) in [5.74, 6) is 0.960. The predicted octanol–water partition coefficient (Wildman–Crippen LogP) is 1.63. The molecule has 0 bridgehead atoms. The lowest BCUT2D eigenvalue weighted by molar-refractivity contribution is 0.410. The van der Waals surface area contributed by atoms with Gasteiger partial charge in [-0.2, -0.15) is 0 Å². The molecule has 0 unspecified atom stereocenters. The normalized spacial score (nSPS) is 10.5. The first-order valence-electron chi connectivity index (χ1n) is 5.16. The van der Waals surface area contributed by atoms with Crippen LogP contribution in [0.4, 0.5) is 0 Å². The highest BCUT2D eigenvalue weighted by atomic mass is 16.5. The molecule has 0 aromatic heterocycles.